The van der Waals surface area contributed by atoms with E-state index in [0.29, 0.717) is 6.54 Å². The van der Waals surface area contributed by atoms with Crippen molar-refractivity contribution >= 4 is 29.9 Å². The second-order valence-corrected chi connectivity index (χ2v) is 3.48. The number of halogens is 1. The van der Waals surface area contributed by atoms with E-state index in [1.807, 2.05) is 19.1 Å². The van der Waals surface area contributed by atoms with Crippen molar-refractivity contribution in [1.82, 2.24) is 10.6 Å². The summed E-state index contributed by atoms with van der Waals surface area (Å²) in [5, 5.41) is 6.38. The van der Waals surface area contributed by atoms with Crippen molar-refractivity contribution in [3.8, 4) is 0 Å². The van der Waals surface area contributed by atoms with Crippen molar-refractivity contribution in [1.29, 1.82) is 0 Å². The van der Waals surface area contributed by atoms with E-state index in [1.54, 1.807) is 13.3 Å². The van der Waals surface area contributed by atoms with Crippen LogP contribution in [0, 0.1) is 0 Å². The van der Waals surface area contributed by atoms with Gasteiger partial charge in [-0.2, -0.15) is 0 Å². The molecule has 1 heterocycles. The Bertz CT molecular complexity index is 315. The zero-order valence-corrected chi connectivity index (χ0v) is 13.3. The van der Waals surface area contributed by atoms with Gasteiger partial charge >= 0.3 is 0 Å². The lowest BCUT2D eigenvalue weighted by Crippen LogP contribution is -2.37. The van der Waals surface area contributed by atoms with Crippen molar-refractivity contribution in [2.45, 2.75) is 19.9 Å². The number of nitrogens with zero attached hydrogens (tertiary/aromatic N) is 1. The molecule has 2 N–H and O–H groups in total. The second-order valence-electron chi connectivity index (χ2n) is 3.48. The maximum Gasteiger partial charge on any atom is 0.191 e. The minimum Gasteiger partial charge on any atom is -0.467 e. The molecule has 0 aliphatic carbocycles. The van der Waals surface area contributed by atoms with Gasteiger partial charge in [0.15, 0.2) is 5.96 Å². The van der Waals surface area contributed by atoms with E-state index in [-0.39, 0.29) is 24.0 Å². The highest BCUT2D eigenvalue weighted by Crippen LogP contribution is 1.98. The van der Waals surface area contributed by atoms with Crippen molar-refractivity contribution in [3.05, 3.63) is 24.2 Å². The Kier molecular flexibility index (Phi) is 10.9. The van der Waals surface area contributed by atoms with Gasteiger partial charge in [-0.3, -0.25) is 4.99 Å². The van der Waals surface area contributed by atoms with Crippen LogP contribution in [0.25, 0.3) is 0 Å². The lowest BCUT2D eigenvalue weighted by molar-refractivity contribution is 0.145. The van der Waals surface area contributed by atoms with Crippen LogP contribution in [-0.4, -0.2) is 32.8 Å². The molecule has 0 amide bonds. The van der Waals surface area contributed by atoms with Crippen LogP contribution in [0.2, 0.25) is 0 Å². The van der Waals surface area contributed by atoms with E-state index in [2.05, 4.69) is 15.6 Å². The molecule has 6 heteroatoms. The Morgan fingerprint density at radius 2 is 2.28 bits per heavy atom. The molecular formula is C12H22IN3O2. The largest absolute Gasteiger partial charge is 0.467 e. The molecule has 0 saturated heterocycles. The maximum absolute atomic E-state index is 5.25. The highest BCUT2D eigenvalue weighted by molar-refractivity contribution is 14.0. The Hall–Kier alpha value is -0.760. The molecule has 0 aliphatic heterocycles. The molecule has 1 rings (SSSR count). The number of aliphatic imine (C=N–C) groups is 1. The molecule has 5 nitrogen and oxygen atoms in total. The van der Waals surface area contributed by atoms with Crippen molar-refractivity contribution in [2.24, 2.45) is 4.99 Å². The average Bonchev–Trinajstić information content (AvgIpc) is 2.86. The normalized spacial score (nSPS) is 10.9. The number of furan rings is 1. The van der Waals surface area contributed by atoms with E-state index in [4.69, 9.17) is 9.15 Å². The molecule has 0 atom stereocenters. The smallest absolute Gasteiger partial charge is 0.191 e. The molecule has 0 aliphatic rings. The number of hydrogen-bond acceptors (Lipinski definition) is 3. The van der Waals surface area contributed by atoms with E-state index in [1.165, 1.54) is 0 Å². The molecule has 104 valence electrons. The SMILES string of the molecule is CCOCCCNC(=NC)NCc1ccco1.I. The molecule has 0 unspecified atom stereocenters. The second kappa shape index (κ2) is 11.3. The molecule has 0 bridgehead atoms. The zero-order chi connectivity index (χ0) is 12.3. The van der Waals surface area contributed by atoms with Crippen LogP contribution in [0.5, 0.6) is 0 Å². The highest BCUT2D eigenvalue weighted by atomic mass is 127. The van der Waals surface area contributed by atoms with Crippen LogP contribution in [0.4, 0.5) is 0 Å². The molecule has 0 spiro atoms. The highest BCUT2D eigenvalue weighted by Gasteiger charge is 1.99. The van der Waals surface area contributed by atoms with E-state index < -0.39 is 0 Å². The van der Waals surface area contributed by atoms with Crippen LogP contribution in [-0.2, 0) is 11.3 Å². The van der Waals surface area contributed by atoms with Gasteiger partial charge in [-0.25, -0.2) is 0 Å². The molecule has 0 aromatic carbocycles. The first-order valence-corrected chi connectivity index (χ1v) is 5.91. The lowest BCUT2D eigenvalue weighted by atomic mass is 10.4. The Labute approximate surface area is 125 Å². The summed E-state index contributed by atoms with van der Waals surface area (Å²) in [4.78, 5) is 4.12. The van der Waals surface area contributed by atoms with E-state index in [9.17, 15) is 0 Å². The quantitative estimate of drug-likeness (QED) is 0.335. The number of rotatable bonds is 7. The molecule has 1 aromatic heterocycles. The first-order valence-electron chi connectivity index (χ1n) is 5.91. The van der Waals surface area contributed by atoms with Gasteiger partial charge in [0.25, 0.3) is 0 Å². The van der Waals surface area contributed by atoms with Crippen LogP contribution in [0.3, 0.4) is 0 Å². The Morgan fingerprint density at radius 3 is 2.89 bits per heavy atom. The van der Waals surface area contributed by atoms with Crippen LogP contribution < -0.4 is 10.6 Å². The first-order chi connectivity index (χ1) is 8.36. The molecule has 18 heavy (non-hydrogen) atoms. The number of hydrogen-bond donors (Lipinski definition) is 2. The summed E-state index contributed by atoms with van der Waals surface area (Å²) < 4.78 is 10.5. The van der Waals surface area contributed by atoms with Gasteiger partial charge < -0.3 is 19.8 Å². The summed E-state index contributed by atoms with van der Waals surface area (Å²) in [6.45, 7) is 5.03. The van der Waals surface area contributed by atoms with Crippen molar-refractivity contribution in [3.63, 3.8) is 0 Å². The summed E-state index contributed by atoms with van der Waals surface area (Å²) in [6.07, 6.45) is 2.63. The zero-order valence-electron chi connectivity index (χ0n) is 10.9. The first kappa shape index (κ1) is 17.2. The van der Waals surface area contributed by atoms with Crippen LogP contribution >= 0.6 is 24.0 Å². The number of guanidine groups is 1. The maximum atomic E-state index is 5.25. The van der Waals surface area contributed by atoms with Gasteiger partial charge in [-0.15, -0.1) is 24.0 Å². The third kappa shape index (κ3) is 7.54. The fraction of sp³-hybridized carbons (Fsp3) is 0.583. The monoisotopic (exact) mass is 367 g/mol. The lowest BCUT2D eigenvalue weighted by Gasteiger charge is -2.10. The predicted octanol–water partition coefficient (Wildman–Crippen LogP) is 1.99. The van der Waals surface area contributed by atoms with E-state index in [0.717, 1.165) is 37.9 Å². The number of ether oxygens (including phenoxy) is 1. The van der Waals surface area contributed by atoms with Gasteiger partial charge in [-0.05, 0) is 25.5 Å². The summed E-state index contributed by atoms with van der Waals surface area (Å²) in [6, 6.07) is 3.80. The summed E-state index contributed by atoms with van der Waals surface area (Å²) in [7, 11) is 1.75. The number of nitrogens with one attached hydrogen (secondary N) is 2. The summed E-state index contributed by atoms with van der Waals surface area (Å²) >= 11 is 0. The van der Waals surface area contributed by atoms with Crippen molar-refractivity contribution < 1.29 is 9.15 Å². The van der Waals surface area contributed by atoms with Gasteiger partial charge in [0.2, 0.25) is 0 Å². The third-order valence-electron chi connectivity index (χ3n) is 2.20. The molecule has 1 aromatic rings. The summed E-state index contributed by atoms with van der Waals surface area (Å²) in [5.41, 5.74) is 0. The standard InChI is InChI=1S/C12H21N3O2.HI/c1-3-16-8-5-7-14-12(13-2)15-10-11-6-4-9-17-11;/h4,6,9H,3,5,7-8,10H2,1-2H3,(H2,13,14,15);1H. The summed E-state index contributed by atoms with van der Waals surface area (Å²) in [5.74, 6) is 1.67. The van der Waals surface area contributed by atoms with Gasteiger partial charge in [-0.1, -0.05) is 0 Å². The molecular weight excluding hydrogens is 345 g/mol. The molecule has 0 radical (unpaired) electrons. The fourth-order valence-electron chi connectivity index (χ4n) is 1.33. The van der Waals surface area contributed by atoms with Crippen molar-refractivity contribution in [2.75, 3.05) is 26.8 Å². The van der Waals surface area contributed by atoms with Gasteiger partial charge in [0.1, 0.15) is 5.76 Å². The average molecular weight is 367 g/mol. The van der Waals surface area contributed by atoms with Gasteiger partial charge in [0, 0.05) is 26.8 Å². The minimum atomic E-state index is 0. The Morgan fingerprint density at radius 1 is 1.44 bits per heavy atom. The van der Waals surface area contributed by atoms with Crippen LogP contribution in [0.1, 0.15) is 19.1 Å². The molecule has 0 fully saturated rings. The minimum absolute atomic E-state index is 0. The van der Waals surface area contributed by atoms with Gasteiger partial charge in [0.05, 0.1) is 12.8 Å². The predicted molar refractivity (Wildman–Crippen MR) is 83.4 cm³/mol. The topological polar surface area (TPSA) is 58.8 Å². The molecule has 0 saturated carbocycles. The fourth-order valence-corrected chi connectivity index (χ4v) is 1.33. The Balaban J connectivity index is 0.00000289. The van der Waals surface area contributed by atoms with Crippen LogP contribution in [0.15, 0.2) is 27.8 Å². The van der Waals surface area contributed by atoms with E-state index >= 15 is 0 Å². The third-order valence-corrected chi connectivity index (χ3v) is 2.20.